The summed E-state index contributed by atoms with van der Waals surface area (Å²) in [6.45, 7) is 4.56. The van der Waals surface area contributed by atoms with Crippen LogP contribution in [0.1, 0.15) is 50.0 Å². The lowest BCUT2D eigenvalue weighted by molar-refractivity contribution is 0.0904. The predicted molar refractivity (Wildman–Crippen MR) is 79.4 cm³/mol. The molecule has 106 valence electrons. The van der Waals surface area contributed by atoms with Gasteiger partial charge in [-0.3, -0.25) is 4.79 Å². The number of amides is 1. The average Bonchev–Trinajstić information content (AvgIpc) is 2.32. The molecule has 0 bridgehead atoms. The largest absolute Gasteiger partial charge is 0.384 e. The molecule has 0 unspecified atom stereocenters. The second kappa shape index (κ2) is 6.24. The number of pyridine rings is 1. The minimum atomic E-state index is -0.119. The number of carbonyl (C=O) groups excluding carboxylic acids is 1. The second-order valence-corrected chi connectivity index (χ2v) is 5.86. The number of halogens is 1. The summed E-state index contributed by atoms with van der Waals surface area (Å²) in [7, 11) is 0. The smallest absolute Gasteiger partial charge is 0.270 e. The Morgan fingerprint density at radius 2 is 2.00 bits per heavy atom. The first-order valence-electron chi connectivity index (χ1n) is 6.50. The van der Waals surface area contributed by atoms with E-state index in [2.05, 4.69) is 24.1 Å². The molecule has 1 heterocycles. The Hall–Kier alpha value is -1.29. The van der Waals surface area contributed by atoms with Crippen LogP contribution in [0.15, 0.2) is 18.2 Å². The lowest BCUT2D eigenvalue weighted by atomic mass is 9.75. The quantitative estimate of drug-likeness (QED) is 0.877. The summed E-state index contributed by atoms with van der Waals surface area (Å²) < 4.78 is 0. The number of hydrogen-bond donors (Lipinski definition) is 2. The zero-order valence-electron chi connectivity index (χ0n) is 11.5. The van der Waals surface area contributed by atoms with Crippen molar-refractivity contribution in [1.29, 1.82) is 0 Å². The van der Waals surface area contributed by atoms with Gasteiger partial charge in [-0.1, -0.05) is 19.9 Å². The molecule has 1 aromatic heterocycles. The van der Waals surface area contributed by atoms with Crippen LogP contribution in [-0.2, 0) is 0 Å². The van der Waals surface area contributed by atoms with Crippen LogP contribution in [0.2, 0.25) is 0 Å². The van der Waals surface area contributed by atoms with Gasteiger partial charge in [-0.05, 0) is 43.2 Å². The third-order valence-electron chi connectivity index (χ3n) is 3.68. The third kappa shape index (κ3) is 4.39. The number of rotatable bonds is 2. The molecule has 1 fully saturated rings. The van der Waals surface area contributed by atoms with E-state index in [1.54, 1.807) is 18.2 Å². The molecule has 1 aliphatic carbocycles. The van der Waals surface area contributed by atoms with Gasteiger partial charge in [-0.2, -0.15) is 0 Å². The normalized spacial score (nSPS) is 18.4. The fourth-order valence-corrected chi connectivity index (χ4v) is 2.38. The highest BCUT2D eigenvalue weighted by Crippen LogP contribution is 2.34. The second-order valence-electron chi connectivity index (χ2n) is 5.86. The molecule has 0 spiro atoms. The fourth-order valence-electron chi connectivity index (χ4n) is 2.38. The molecule has 0 radical (unpaired) electrons. The number of anilines is 1. The Kier molecular flexibility index (Phi) is 5.18. The van der Waals surface area contributed by atoms with Crippen molar-refractivity contribution in [3.05, 3.63) is 23.9 Å². The molecule has 1 saturated carbocycles. The van der Waals surface area contributed by atoms with Gasteiger partial charge in [0, 0.05) is 6.04 Å². The van der Waals surface area contributed by atoms with Crippen molar-refractivity contribution in [3.8, 4) is 0 Å². The lowest BCUT2D eigenvalue weighted by Crippen LogP contribution is -2.39. The van der Waals surface area contributed by atoms with Crippen molar-refractivity contribution in [2.75, 3.05) is 5.73 Å². The van der Waals surface area contributed by atoms with Crippen LogP contribution in [-0.4, -0.2) is 16.9 Å². The molecular weight excluding hydrogens is 262 g/mol. The molecule has 1 aliphatic rings. The van der Waals surface area contributed by atoms with E-state index in [1.807, 2.05) is 0 Å². The van der Waals surface area contributed by atoms with Crippen molar-refractivity contribution >= 4 is 24.1 Å². The maximum absolute atomic E-state index is 12.0. The van der Waals surface area contributed by atoms with Gasteiger partial charge >= 0.3 is 0 Å². The van der Waals surface area contributed by atoms with Crippen molar-refractivity contribution in [2.24, 2.45) is 5.41 Å². The Morgan fingerprint density at radius 3 is 2.58 bits per heavy atom. The number of aromatic nitrogens is 1. The van der Waals surface area contributed by atoms with E-state index in [0.29, 0.717) is 16.9 Å². The first-order valence-corrected chi connectivity index (χ1v) is 6.50. The fraction of sp³-hybridized carbons (Fsp3) is 0.571. The van der Waals surface area contributed by atoms with Crippen molar-refractivity contribution in [1.82, 2.24) is 10.3 Å². The predicted octanol–water partition coefficient (Wildman–Crippen LogP) is 2.78. The summed E-state index contributed by atoms with van der Waals surface area (Å²) in [4.78, 5) is 16.0. The van der Waals surface area contributed by atoms with E-state index in [9.17, 15) is 4.79 Å². The number of carbonyl (C=O) groups is 1. The van der Waals surface area contributed by atoms with Gasteiger partial charge in [-0.15, -0.1) is 12.4 Å². The zero-order valence-corrected chi connectivity index (χ0v) is 12.3. The van der Waals surface area contributed by atoms with Gasteiger partial charge in [0.2, 0.25) is 0 Å². The summed E-state index contributed by atoms with van der Waals surface area (Å²) in [5.74, 6) is 0.263. The van der Waals surface area contributed by atoms with Gasteiger partial charge in [0.15, 0.2) is 0 Å². The van der Waals surface area contributed by atoms with E-state index >= 15 is 0 Å². The van der Waals surface area contributed by atoms with Gasteiger partial charge in [0.05, 0.1) is 0 Å². The molecule has 1 amide bonds. The first-order chi connectivity index (χ1) is 8.46. The van der Waals surface area contributed by atoms with Gasteiger partial charge in [0.1, 0.15) is 11.5 Å². The minimum Gasteiger partial charge on any atom is -0.384 e. The maximum Gasteiger partial charge on any atom is 0.270 e. The molecule has 1 aromatic rings. The van der Waals surface area contributed by atoms with Crippen LogP contribution < -0.4 is 11.1 Å². The van der Waals surface area contributed by atoms with Crippen molar-refractivity contribution in [2.45, 2.75) is 45.6 Å². The molecule has 3 N–H and O–H groups in total. The minimum absolute atomic E-state index is 0. The van der Waals surface area contributed by atoms with Gasteiger partial charge in [0.25, 0.3) is 5.91 Å². The third-order valence-corrected chi connectivity index (χ3v) is 3.68. The monoisotopic (exact) mass is 283 g/mol. The van der Waals surface area contributed by atoms with Crippen LogP contribution in [0.25, 0.3) is 0 Å². The maximum atomic E-state index is 12.0. The summed E-state index contributed by atoms with van der Waals surface area (Å²) in [6, 6.07) is 5.40. The van der Waals surface area contributed by atoms with E-state index in [-0.39, 0.29) is 24.4 Å². The molecule has 0 atom stereocenters. The Bertz CT molecular complexity index is 438. The van der Waals surface area contributed by atoms with Crippen LogP contribution in [0, 0.1) is 5.41 Å². The molecule has 19 heavy (non-hydrogen) atoms. The Labute approximate surface area is 120 Å². The number of nitrogens with one attached hydrogen (secondary N) is 1. The van der Waals surface area contributed by atoms with Crippen LogP contribution in [0.4, 0.5) is 5.82 Å². The standard InChI is InChI=1S/C14H21N3O.ClH/c1-14(2)8-6-10(7-9-14)16-13(18)11-4-3-5-12(15)17-11;/h3-5,10H,6-9H2,1-2H3,(H2,15,17)(H,16,18);1H. The molecule has 0 saturated heterocycles. The van der Waals surface area contributed by atoms with E-state index in [1.165, 1.54) is 0 Å². The Morgan fingerprint density at radius 1 is 1.37 bits per heavy atom. The van der Waals surface area contributed by atoms with E-state index in [0.717, 1.165) is 25.7 Å². The van der Waals surface area contributed by atoms with E-state index < -0.39 is 0 Å². The highest BCUT2D eigenvalue weighted by Gasteiger charge is 2.27. The SMILES string of the molecule is CC1(C)CCC(NC(=O)c2cccc(N)n2)CC1.Cl. The number of hydrogen-bond acceptors (Lipinski definition) is 3. The number of nitrogens with two attached hydrogens (primary N) is 1. The molecule has 2 rings (SSSR count). The highest BCUT2D eigenvalue weighted by atomic mass is 35.5. The summed E-state index contributed by atoms with van der Waals surface area (Å²) >= 11 is 0. The average molecular weight is 284 g/mol. The van der Waals surface area contributed by atoms with Gasteiger partial charge < -0.3 is 11.1 Å². The van der Waals surface area contributed by atoms with Gasteiger partial charge in [-0.25, -0.2) is 4.98 Å². The molecule has 0 aliphatic heterocycles. The lowest BCUT2D eigenvalue weighted by Gasteiger charge is -2.34. The molecular formula is C14H22ClN3O. The van der Waals surface area contributed by atoms with Crippen molar-refractivity contribution in [3.63, 3.8) is 0 Å². The Balaban J connectivity index is 0.00000180. The number of nitrogens with zero attached hydrogens (tertiary/aromatic N) is 1. The van der Waals surface area contributed by atoms with Crippen LogP contribution >= 0.6 is 12.4 Å². The van der Waals surface area contributed by atoms with E-state index in [4.69, 9.17) is 5.73 Å². The molecule has 0 aromatic carbocycles. The van der Waals surface area contributed by atoms with Crippen molar-refractivity contribution < 1.29 is 4.79 Å². The summed E-state index contributed by atoms with van der Waals surface area (Å²) in [5.41, 5.74) is 6.39. The molecule has 5 heteroatoms. The van der Waals surface area contributed by atoms with Crippen LogP contribution in [0.3, 0.4) is 0 Å². The van der Waals surface area contributed by atoms with Crippen LogP contribution in [0.5, 0.6) is 0 Å². The number of nitrogen functional groups attached to an aromatic ring is 1. The molecule has 4 nitrogen and oxygen atoms in total. The summed E-state index contributed by atoms with van der Waals surface area (Å²) in [6.07, 6.45) is 4.40. The zero-order chi connectivity index (χ0) is 13.2. The highest BCUT2D eigenvalue weighted by molar-refractivity contribution is 5.92. The topological polar surface area (TPSA) is 68.0 Å². The summed E-state index contributed by atoms with van der Waals surface area (Å²) in [5, 5.41) is 3.04. The first kappa shape index (κ1) is 15.8.